The van der Waals surface area contributed by atoms with Crippen molar-refractivity contribution in [1.82, 2.24) is 0 Å². The molecule has 0 saturated carbocycles. The summed E-state index contributed by atoms with van der Waals surface area (Å²) in [4.78, 5) is 0. The van der Waals surface area contributed by atoms with Gasteiger partial charge in [-0.2, -0.15) is 0 Å². The molecule has 0 nitrogen and oxygen atoms in total. The standard InChI is InChI=1S/C16H13Br2Cl2F/c17-9-16(10-18,12-3-1-2-4-13(12)19)8-11-5-6-14(20)15(21)7-11/h1-7H,8-10H2. The second-order valence-corrected chi connectivity index (χ2v) is 6.89. The molecule has 2 rings (SSSR count). The van der Waals surface area contributed by atoms with Crippen molar-refractivity contribution in [1.29, 1.82) is 0 Å². The molecule has 2 aromatic carbocycles. The molecule has 0 N–H and O–H groups in total. The molecule has 0 bridgehead atoms. The van der Waals surface area contributed by atoms with Crippen molar-refractivity contribution in [3.8, 4) is 0 Å². The molecule has 0 aliphatic heterocycles. The van der Waals surface area contributed by atoms with Crippen LogP contribution < -0.4 is 0 Å². The van der Waals surface area contributed by atoms with Crippen LogP contribution in [0.3, 0.4) is 0 Å². The van der Waals surface area contributed by atoms with E-state index in [1.165, 1.54) is 6.07 Å². The quantitative estimate of drug-likeness (QED) is 0.458. The third-order valence-electron chi connectivity index (χ3n) is 3.48. The van der Waals surface area contributed by atoms with Gasteiger partial charge in [-0.25, -0.2) is 4.39 Å². The minimum absolute atomic E-state index is 0.139. The largest absolute Gasteiger partial charge is 0.205 e. The van der Waals surface area contributed by atoms with Gasteiger partial charge in [0.2, 0.25) is 0 Å². The Morgan fingerprint density at radius 2 is 1.62 bits per heavy atom. The lowest BCUT2D eigenvalue weighted by molar-refractivity contribution is 0.547. The number of hydrogen-bond acceptors (Lipinski definition) is 0. The SMILES string of the molecule is Fc1cc(CC(CBr)(CBr)c2ccccc2Cl)ccc1Cl. The maximum absolute atomic E-state index is 13.7. The molecule has 0 radical (unpaired) electrons. The van der Waals surface area contributed by atoms with Gasteiger partial charge in [0, 0.05) is 21.1 Å². The molecule has 5 heteroatoms. The summed E-state index contributed by atoms with van der Waals surface area (Å²) >= 11 is 19.3. The molecular weight excluding hydrogens is 442 g/mol. The van der Waals surface area contributed by atoms with Gasteiger partial charge < -0.3 is 0 Å². The van der Waals surface area contributed by atoms with Crippen molar-refractivity contribution in [3.05, 3.63) is 69.5 Å². The van der Waals surface area contributed by atoms with Gasteiger partial charge in [-0.15, -0.1) is 0 Å². The van der Waals surface area contributed by atoms with Crippen molar-refractivity contribution >= 4 is 55.1 Å². The highest BCUT2D eigenvalue weighted by Crippen LogP contribution is 2.37. The molecule has 0 saturated heterocycles. The minimum atomic E-state index is -0.397. The molecule has 0 spiro atoms. The molecule has 0 atom stereocenters. The van der Waals surface area contributed by atoms with Gasteiger partial charge in [0.25, 0.3) is 0 Å². The molecule has 0 aliphatic carbocycles. The van der Waals surface area contributed by atoms with Gasteiger partial charge in [0.05, 0.1) is 5.02 Å². The zero-order chi connectivity index (χ0) is 15.5. The molecule has 0 heterocycles. The molecule has 0 aliphatic rings. The smallest absolute Gasteiger partial charge is 0.142 e. The Morgan fingerprint density at radius 1 is 0.952 bits per heavy atom. The lowest BCUT2D eigenvalue weighted by Crippen LogP contribution is -2.33. The first kappa shape index (κ1) is 17.3. The van der Waals surface area contributed by atoms with E-state index in [2.05, 4.69) is 31.9 Å². The molecule has 0 amide bonds. The van der Waals surface area contributed by atoms with E-state index in [1.54, 1.807) is 6.07 Å². The fourth-order valence-electron chi connectivity index (χ4n) is 2.30. The van der Waals surface area contributed by atoms with Crippen molar-refractivity contribution in [2.75, 3.05) is 10.7 Å². The molecule has 2 aromatic rings. The fourth-order valence-corrected chi connectivity index (χ4v) is 4.68. The summed E-state index contributed by atoms with van der Waals surface area (Å²) in [6, 6.07) is 12.7. The number of benzene rings is 2. The van der Waals surface area contributed by atoms with E-state index >= 15 is 0 Å². The van der Waals surface area contributed by atoms with Crippen LogP contribution in [0.15, 0.2) is 42.5 Å². The Labute approximate surface area is 150 Å². The first-order valence-corrected chi connectivity index (χ1v) is 9.33. The van der Waals surface area contributed by atoms with Crippen molar-refractivity contribution in [3.63, 3.8) is 0 Å². The molecule has 0 fully saturated rings. The lowest BCUT2D eigenvalue weighted by Gasteiger charge is -2.32. The van der Waals surface area contributed by atoms with Gasteiger partial charge >= 0.3 is 0 Å². The molecule has 21 heavy (non-hydrogen) atoms. The number of alkyl halides is 2. The summed E-state index contributed by atoms with van der Waals surface area (Å²) in [6.07, 6.45) is 0.654. The number of hydrogen-bond donors (Lipinski definition) is 0. The summed E-state index contributed by atoms with van der Waals surface area (Å²) in [5.41, 5.74) is 1.67. The van der Waals surface area contributed by atoms with E-state index < -0.39 is 5.82 Å². The van der Waals surface area contributed by atoms with E-state index in [4.69, 9.17) is 23.2 Å². The van der Waals surface area contributed by atoms with Crippen LogP contribution in [-0.4, -0.2) is 10.7 Å². The van der Waals surface area contributed by atoms with Crippen LogP contribution in [0.4, 0.5) is 4.39 Å². The average molecular weight is 455 g/mol. The van der Waals surface area contributed by atoms with Gasteiger partial charge in [-0.3, -0.25) is 0 Å². The second-order valence-electron chi connectivity index (χ2n) is 4.95. The lowest BCUT2D eigenvalue weighted by atomic mass is 9.79. The van der Waals surface area contributed by atoms with Crippen molar-refractivity contribution in [2.45, 2.75) is 11.8 Å². The van der Waals surface area contributed by atoms with Gasteiger partial charge in [-0.1, -0.05) is 79.3 Å². The van der Waals surface area contributed by atoms with Crippen LogP contribution >= 0.6 is 55.1 Å². The summed E-state index contributed by atoms with van der Waals surface area (Å²) < 4.78 is 13.7. The second kappa shape index (κ2) is 7.45. The highest BCUT2D eigenvalue weighted by atomic mass is 79.9. The molecule has 112 valence electrons. The third-order valence-corrected chi connectivity index (χ3v) is 6.27. The van der Waals surface area contributed by atoms with E-state index in [0.717, 1.165) is 11.1 Å². The van der Waals surface area contributed by atoms with Gasteiger partial charge in [-0.05, 0) is 35.7 Å². The van der Waals surface area contributed by atoms with Crippen molar-refractivity contribution in [2.24, 2.45) is 0 Å². The Balaban J connectivity index is 2.43. The monoisotopic (exact) mass is 452 g/mol. The Hall–Kier alpha value is -0.0900. The van der Waals surface area contributed by atoms with Crippen LogP contribution in [0, 0.1) is 5.82 Å². The maximum Gasteiger partial charge on any atom is 0.142 e. The normalized spacial score (nSPS) is 11.7. The summed E-state index contributed by atoms with van der Waals surface area (Å²) in [6.45, 7) is 0. The highest BCUT2D eigenvalue weighted by molar-refractivity contribution is 9.09. The fraction of sp³-hybridized carbons (Fsp3) is 0.250. The first-order valence-electron chi connectivity index (χ1n) is 6.33. The Kier molecular flexibility index (Phi) is 6.13. The zero-order valence-corrected chi connectivity index (χ0v) is 15.7. The van der Waals surface area contributed by atoms with Gasteiger partial charge in [0.15, 0.2) is 0 Å². The maximum atomic E-state index is 13.7. The third kappa shape index (κ3) is 3.82. The Bertz CT molecular complexity index is 627. The van der Waals surface area contributed by atoms with Crippen LogP contribution in [-0.2, 0) is 11.8 Å². The van der Waals surface area contributed by atoms with E-state index in [9.17, 15) is 4.39 Å². The van der Waals surface area contributed by atoms with Crippen LogP contribution in [0.25, 0.3) is 0 Å². The zero-order valence-electron chi connectivity index (χ0n) is 11.1. The van der Waals surface area contributed by atoms with Crippen LogP contribution in [0.1, 0.15) is 11.1 Å². The minimum Gasteiger partial charge on any atom is -0.205 e. The summed E-state index contributed by atoms with van der Waals surface area (Å²) in [5.74, 6) is -0.397. The van der Waals surface area contributed by atoms with E-state index in [1.807, 2.05) is 30.3 Å². The van der Waals surface area contributed by atoms with E-state index in [0.29, 0.717) is 22.1 Å². The predicted octanol–water partition coefficient (Wildman–Crippen LogP) is 6.40. The number of rotatable bonds is 5. The predicted molar refractivity (Wildman–Crippen MR) is 95.8 cm³/mol. The first-order chi connectivity index (χ1) is 10.0. The number of halogens is 5. The van der Waals surface area contributed by atoms with E-state index in [-0.39, 0.29) is 10.4 Å². The average Bonchev–Trinajstić information content (AvgIpc) is 2.49. The molecule has 0 unspecified atom stereocenters. The molecule has 0 aromatic heterocycles. The Morgan fingerprint density at radius 3 is 2.19 bits per heavy atom. The summed E-state index contributed by atoms with van der Waals surface area (Å²) in [7, 11) is 0. The highest BCUT2D eigenvalue weighted by Gasteiger charge is 2.32. The van der Waals surface area contributed by atoms with Crippen LogP contribution in [0.5, 0.6) is 0 Å². The van der Waals surface area contributed by atoms with Gasteiger partial charge in [0.1, 0.15) is 5.82 Å². The summed E-state index contributed by atoms with van der Waals surface area (Å²) in [5, 5.41) is 2.27. The van der Waals surface area contributed by atoms with Crippen LogP contribution in [0.2, 0.25) is 10.0 Å². The molecular formula is C16H13Br2Cl2F. The topological polar surface area (TPSA) is 0 Å². The van der Waals surface area contributed by atoms with Crippen molar-refractivity contribution < 1.29 is 4.39 Å².